The Balaban J connectivity index is -0.00000000500. The Kier molecular flexibility index (Phi) is 917. The van der Waals surface area contributed by atoms with E-state index in [1.165, 1.54) is 0 Å². The molecule has 0 aliphatic carbocycles. The molecule has 3 nitrogen and oxygen atoms in total. The van der Waals surface area contributed by atoms with E-state index in [4.69, 9.17) is 3.50 Å². The van der Waals surface area contributed by atoms with Crippen molar-refractivity contribution in [1.29, 1.82) is 0 Å². The first-order chi connectivity index (χ1) is 1.00. The Hall–Kier alpha value is 0.369. The van der Waals surface area contributed by atoms with E-state index in [1.807, 2.05) is 0 Å². The third-order valence-electron chi connectivity index (χ3n) is 0. The van der Waals surface area contributed by atoms with Gasteiger partial charge in [-0.2, -0.15) is 0 Å². The van der Waals surface area contributed by atoms with Crippen LogP contribution in [0.3, 0.4) is 0 Å². The molecule has 0 fully saturated rings. The summed E-state index contributed by atoms with van der Waals surface area (Å²) in [4.78, 5) is 0. The van der Waals surface area contributed by atoms with Crippen molar-refractivity contribution in [2.75, 3.05) is 0 Å². The van der Waals surface area contributed by atoms with Crippen LogP contribution in [0.2, 0.25) is 0 Å². The van der Waals surface area contributed by atoms with Crippen LogP contribution < -0.4 is 0 Å². The molecule has 0 spiro atoms. The zero-order chi connectivity index (χ0) is 2.00. The predicted molar refractivity (Wildman–Crippen MR) is 7.91 cm³/mol. The summed E-state index contributed by atoms with van der Waals surface area (Å²) in [7, 11) is 0. The predicted octanol–water partition coefficient (Wildman–Crippen LogP) is -1.77. The molecule has 0 amide bonds. The van der Waals surface area contributed by atoms with Gasteiger partial charge in [-0.25, -0.2) is 0 Å². The molecule has 0 heterocycles. The summed E-state index contributed by atoms with van der Waals surface area (Å²) in [5.74, 6) is 0. The van der Waals surface area contributed by atoms with Crippen molar-refractivity contribution in [3.05, 3.63) is 0 Å². The van der Waals surface area contributed by atoms with Crippen LogP contribution in [-0.4, -0.2) is 11.0 Å². The molecule has 0 unspecified atom stereocenters. The second-order valence-corrected chi connectivity index (χ2v) is 0. The summed E-state index contributed by atoms with van der Waals surface area (Å²) in [6.45, 7) is 0. The van der Waals surface area contributed by atoms with Crippen molar-refractivity contribution in [3.63, 3.8) is 0 Å². The topological polar surface area (TPSA) is 80.1 Å². The van der Waals surface area contributed by atoms with Crippen molar-refractivity contribution in [3.8, 4) is 0 Å². The van der Waals surface area contributed by atoms with Gasteiger partial charge in [0.2, 0.25) is 0 Å². The molecule has 0 aromatic rings. The van der Waals surface area contributed by atoms with Gasteiger partial charge in [-0.1, -0.05) is 0 Å². The second kappa shape index (κ2) is 139. The first kappa shape index (κ1) is 26.5. The Morgan fingerprint density at radius 3 is 1.00 bits per heavy atom. The molecular formula is H4IrO3. The summed E-state index contributed by atoms with van der Waals surface area (Å²) >= 11 is 0.750. The van der Waals surface area contributed by atoms with Crippen molar-refractivity contribution in [1.82, 2.24) is 0 Å². The molecule has 0 aliphatic heterocycles. The molecule has 0 saturated heterocycles. The van der Waals surface area contributed by atoms with Gasteiger partial charge in [-0.15, -0.1) is 0 Å². The van der Waals surface area contributed by atoms with Gasteiger partial charge < -0.3 is 11.0 Å². The fourth-order valence-corrected chi connectivity index (χ4v) is 0. The minimum absolute atomic E-state index is 0. The van der Waals surface area contributed by atoms with E-state index >= 15 is 0 Å². The summed E-state index contributed by atoms with van der Waals surface area (Å²) in [6.07, 6.45) is 0. The molecule has 4 N–H and O–H groups in total. The molecule has 0 radical (unpaired) electrons. The monoisotopic (exact) mass is 245 g/mol. The first-order valence-corrected chi connectivity index (χ1v) is 1.11. The number of rotatable bonds is 0. The Morgan fingerprint density at radius 1 is 1.00 bits per heavy atom. The fourth-order valence-electron chi connectivity index (χ4n) is 0. The molecule has 31 valence electrons. The Morgan fingerprint density at radius 2 is 1.00 bits per heavy atom. The second-order valence-electron chi connectivity index (χ2n) is 0. The standard InChI is InChI=1S/Ir.2H2O.O/h;2*1H2;. The van der Waals surface area contributed by atoms with E-state index in [0.717, 1.165) is 18.9 Å². The van der Waals surface area contributed by atoms with E-state index in [1.54, 1.807) is 0 Å². The van der Waals surface area contributed by atoms with Gasteiger partial charge >= 0.3 is 22.4 Å². The van der Waals surface area contributed by atoms with Crippen LogP contribution >= 0.6 is 0 Å². The van der Waals surface area contributed by atoms with Crippen LogP contribution in [-0.2, 0) is 22.4 Å². The van der Waals surface area contributed by atoms with Crippen LogP contribution in [0, 0.1) is 0 Å². The van der Waals surface area contributed by atoms with Gasteiger partial charge in [0.15, 0.2) is 0 Å². The van der Waals surface area contributed by atoms with Crippen molar-refractivity contribution in [2.24, 2.45) is 0 Å². The van der Waals surface area contributed by atoms with Crippen LogP contribution in [0.5, 0.6) is 0 Å². The van der Waals surface area contributed by atoms with E-state index in [-0.39, 0.29) is 11.0 Å². The summed E-state index contributed by atoms with van der Waals surface area (Å²) in [5, 5.41) is 0. The summed E-state index contributed by atoms with van der Waals surface area (Å²) in [5.41, 5.74) is 0. The number of hydrogen-bond acceptors (Lipinski definition) is 1. The van der Waals surface area contributed by atoms with Gasteiger partial charge in [0.05, 0.1) is 0 Å². The minimum atomic E-state index is 0. The third-order valence-corrected chi connectivity index (χ3v) is 0. The average Bonchev–Trinajstić information content (AvgIpc) is 1.00. The molecule has 0 rings (SSSR count). The van der Waals surface area contributed by atoms with Gasteiger partial charge in [0.1, 0.15) is 0 Å². The van der Waals surface area contributed by atoms with Crippen molar-refractivity contribution in [2.45, 2.75) is 0 Å². The Bertz CT molecular complexity index is 3.25. The van der Waals surface area contributed by atoms with Crippen LogP contribution in [0.4, 0.5) is 0 Å². The molecule has 0 bridgehead atoms. The Labute approximate surface area is 34.1 Å². The van der Waals surface area contributed by atoms with Crippen LogP contribution in [0.25, 0.3) is 0 Å². The summed E-state index contributed by atoms with van der Waals surface area (Å²) < 4.78 is 8.25. The summed E-state index contributed by atoms with van der Waals surface area (Å²) in [6, 6.07) is 0. The molecule has 0 aromatic carbocycles. The van der Waals surface area contributed by atoms with Crippen LogP contribution in [0.15, 0.2) is 0 Å². The zero-order valence-corrected chi connectivity index (χ0v) is 4.14. The van der Waals surface area contributed by atoms with E-state index in [9.17, 15) is 0 Å². The third kappa shape index (κ3) is 32.6. The van der Waals surface area contributed by atoms with Gasteiger partial charge in [-0.3, -0.25) is 0 Å². The van der Waals surface area contributed by atoms with Crippen molar-refractivity contribution >= 4 is 0 Å². The van der Waals surface area contributed by atoms with E-state index in [2.05, 4.69) is 0 Å². The molecular weight excluding hydrogens is 240 g/mol. The fraction of sp³-hybridized carbons (Fsp3) is 0. The van der Waals surface area contributed by atoms with E-state index in [0.29, 0.717) is 0 Å². The maximum atomic E-state index is 8.25. The molecule has 0 atom stereocenters. The molecule has 0 aliphatic rings. The van der Waals surface area contributed by atoms with Crippen LogP contribution in [0.1, 0.15) is 0 Å². The molecule has 4 heteroatoms. The van der Waals surface area contributed by atoms with Crippen molar-refractivity contribution < 1.29 is 33.3 Å². The van der Waals surface area contributed by atoms with Gasteiger partial charge in [0, 0.05) is 0 Å². The molecule has 4 heavy (non-hydrogen) atoms. The zero-order valence-electron chi connectivity index (χ0n) is 1.74. The van der Waals surface area contributed by atoms with E-state index < -0.39 is 0 Å². The molecule has 0 aromatic heterocycles. The van der Waals surface area contributed by atoms with Gasteiger partial charge in [0.25, 0.3) is 0 Å². The number of hydrogen-bond donors (Lipinski definition) is 0. The quantitative estimate of drug-likeness (QED) is 0.496. The first-order valence-electron chi connectivity index (χ1n) is 0.136. The normalized spacial score (nSPS) is 1.25. The van der Waals surface area contributed by atoms with Gasteiger partial charge in [-0.05, 0) is 0 Å². The average molecular weight is 244 g/mol. The molecule has 0 saturated carbocycles. The SMILES string of the molecule is O.O.[O]=[Ir]. The maximum absolute atomic E-state index is 8.25.